The summed E-state index contributed by atoms with van der Waals surface area (Å²) in [6, 6.07) is 4.84. The number of benzene rings is 1. The molecular weight excluding hydrogens is 323 g/mol. The third-order valence-electron chi connectivity index (χ3n) is 2.93. The first-order chi connectivity index (χ1) is 10.5. The van der Waals surface area contributed by atoms with E-state index in [-0.39, 0.29) is 18.3 Å². The molecule has 8 heteroatoms. The first-order valence-electron chi connectivity index (χ1n) is 6.51. The molecule has 1 aromatic carbocycles. The summed E-state index contributed by atoms with van der Waals surface area (Å²) in [5.74, 6) is -0.535. The van der Waals surface area contributed by atoms with Crippen LogP contribution in [-0.2, 0) is 4.79 Å². The van der Waals surface area contributed by atoms with Crippen molar-refractivity contribution in [3.63, 3.8) is 0 Å². The van der Waals surface area contributed by atoms with E-state index >= 15 is 0 Å². The molecule has 3 rings (SSSR count). The molecule has 1 amide bonds. The maximum absolute atomic E-state index is 13.7. The first kappa shape index (κ1) is 14.9. The van der Waals surface area contributed by atoms with Gasteiger partial charge >= 0.3 is 0 Å². The third-order valence-corrected chi connectivity index (χ3v) is 4.90. The minimum Gasteiger partial charge on any atom is -0.342 e. The molecule has 3 aromatic rings. The number of para-hydroxylation sites is 1. The summed E-state index contributed by atoms with van der Waals surface area (Å²) in [6.45, 7) is 2.05. The van der Waals surface area contributed by atoms with Crippen LogP contribution >= 0.6 is 22.7 Å². The van der Waals surface area contributed by atoms with E-state index in [1.54, 1.807) is 24.2 Å². The number of likely N-dealkylation sites (N-methyl/N-ethyl adjacent to an activating group) is 1. The topological polar surface area (TPSA) is 58.1 Å². The minimum atomic E-state index is -0.351. The predicted molar refractivity (Wildman–Crippen MR) is 88.3 cm³/mol. The van der Waals surface area contributed by atoms with Crippen LogP contribution in [0.1, 0.15) is 4.88 Å². The van der Waals surface area contributed by atoms with Crippen LogP contribution in [0, 0.1) is 12.7 Å². The Hall–Kier alpha value is -2.06. The standard InChI is InChI=1S/C14H13FN4OS2/c1-8-6-16-13(21-8)17-11(20)7-19(2)14-18-12-9(15)4-3-5-10(12)22-14/h3-6H,7H2,1-2H3,(H,16,17,20). The molecule has 0 bridgehead atoms. The lowest BCUT2D eigenvalue weighted by Gasteiger charge is -2.14. The third kappa shape index (κ3) is 3.07. The number of anilines is 2. The predicted octanol–water partition coefficient (Wildman–Crippen LogP) is 3.28. The number of hydrogen-bond donors (Lipinski definition) is 1. The number of fused-ring (bicyclic) bond motifs is 1. The molecule has 0 saturated carbocycles. The van der Waals surface area contributed by atoms with Crippen LogP contribution in [0.3, 0.4) is 0 Å². The van der Waals surface area contributed by atoms with Crippen molar-refractivity contribution in [1.82, 2.24) is 9.97 Å². The van der Waals surface area contributed by atoms with Crippen molar-refractivity contribution in [2.75, 3.05) is 23.8 Å². The quantitative estimate of drug-likeness (QED) is 0.794. The molecule has 0 aliphatic rings. The number of aromatic nitrogens is 2. The summed E-state index contributed by atoms with van der Waals surface area (Å²) in [7, 11) is 1.75. The fraction of sp³-hybridized carbons (Fsp3) is 0.214. The van der Waals surface area contributed by atoms with Gasteiger partial charge in [-0.15, -0.1) is 11.3 Å². The van der Waals surface area contributed by atoms with E-state index in [1.807, 2.05) is 13.0 Å². The van der Waals surface area contributed by atoms with Gasteiger partial charge in [0.1, 0.15) is 11.3 Å². The molecular formula is C14H13FN4OS2. The lowest BCUT2D eigenvalue weighted by atomic mass is 10.3. The van der Waals surface area contributed by atoms with Gasteiger partial charge < -0.3 is 10.2 Å². The van der Waals surface area contributed by atoms with E-state index in [0.717, 1.165) is 9.58 Å². The number of nitrogens with one attached hydrogen (secondary N) is 1. The summed E-state index contributed by atoms with van der Waals surface area (Å²) in [5, 5.41) is 3.92. The fourth-order valence-electron chi connectivity index (χ4n) is 1.92. The van der Waals surface area contributed by atoms with E-state index in [9.17, 15) is 9.18 Å². The molecule has 2 heterocycles. The summed E-state index contributed by atoms with van der Waals surface area (Å²) in [4.78, 5) is 23.1. The smallest absolute Gasteiger partial charge is 0.245 e. The molecule has 0 aliphatic heterocycles. The Kier molecular flexibility index (Phi) is 4.04. The highest BCUT2D eigenvalue weighted by atomic mass is 32.1. The van der Waals surface area contributed by atoms with E-state index in [4.69, 9.17) is 0 Å². The Morgan fingerprint density at radius 3 is 2.91 bits per heavy atom. The summed E-state index contributed by atoms with van der Waals surface area (Å²) in [5.41, 5.74) is 0.338. The highest BCUT2D eigenvalue weighted by molar-refractivity contribution is 7.22. The summed E-state index contributed by atoms with van der Waals surface area (Å²) in [6.07, 6.45) is 1.71. The molecule has 0 radical (unpaired) electrons. The van der Waals surface area contributed by atoms with Crippen molar-refractivity contribution in [2.45, 2.75) is 6.92 Å². The number of halogens is 1. The largest absolute Gasteiger partial charge is 0.342 e. The second-order valence-corrected chi connectivity index (χ2v) is 7.01. The Morgan fingerprint density at radius 1 is 1.41 bits per heavy atom. The zero-order chi connectivity index (χ0) is 15.7. The van der Waals surface area contributed by atoms with Gasteiger partial charge in [0, 0.05) is 18.1 Å². The molecule has 2 aromatic heterocycles. The first-order valence-corrected chi connectivity index (χ1v) is 8.14. The Labute approximate surface area is 134 Å². The van der Waals surface area contributed by atoms with Gasteiger partial charge in [0.2, 0.25) is 5.91 Å². The number of thiazole rings is 2. The van der Waals surface area contributed by atoms with Gasteiger partial charge in [0.15, 0.2) is 10.3 Å². The number of amides is 1. The Bertz CT molecular complexity index is 829. The fourth-order valence-corrected chi connectivity index (χ4v) is 3.54. The zero-order valence-corrected chi connectivity index (χ0v) is 13.6. The Morgan fingerprint density at radius 2 is 2.23 bits per heavy atom. The lowest BCUT2D eigenvalue weighted by Crippen LogP contribution is -2.29. The average molecular weight is 336 g/mol. The van der Waals surface area contributed by atoms with Crippen molar-refractivity contribution in [3.05, 3.63) is 35.1 Å². The highest BCUT2D eigenvalue weighted by Gasteiger charge is 2.14. The van der Waals surface area contributed by atoms with E-state index in [0.29, 0.717) is 15.8 Å². The number of carbonyl (C=O) groups is 1. The Balaban J connectivity index is 1.71. The van der Waals surface area contributed by atoms with Crippen LogP contribution in [0.4, 0.5) is 14.7 Å². The van der Waals surface area contributed by atoms with E-state index < -0.39 is 0 Å². The molecule has 0 saturated heterocycles. The van der Waals surface area contributed by atoms with Gasteiger partial charge in [-0.1, -0.05) is 17.4 Å². The normalized spacial score (nSPS) is 10.9. The van der Waals surface area contributed by atoms with E-state index in [2.05, 4.69) is 15.3 Å². The molecule has 5 nitrogen and oxygen atoms in total. The van der Waals surface area contributed by atoms with Crippen LogP contribution < -0.4 is 10.2 Å². The van der Waals surface area contributed by atoms with Gasteiger partial charge in [-0.25, -0.2) is 14.4 Å². The monoisotopic (exact) mass is 336 g/mol. The van der Waals surface area contributed by atoms with Gasteiger partial charge in [0.25, 0.3) is 0 Å². The number of carbonyl (C=O) groups excluding carboxylic acids is 1. The molecule has 0 unspecified atom stereocenters. The summed E-state index contributed by atoms with van der Waals surface area (Å²) >= 11 is 2.77. The van der Waals surface area contributed by atoms with Crippen molar-refractivity contribution < 1.29 is 9.18 Å². The molecule has 114 valence electrons. The second-order valence-electron chi connectivity index (χ2n) is 4.76. The molecule has 0 aliphatic carbocycles. The molecule has 22 heavy (non-hydrogen) atoms. The lowest BCUT2D eigenvalue weighted by molar-refractivity contribution is -0.114. The minimum absolute atomic E-state index is 0.125. The molecule has 0 spiro atoms. The molecule has 1 N–H and O–H groups in total. The number of rotatable bonds is 4. The zero-order valence-electron chi connectivity index (χ0n) is 12.0. The van der Waals surface area contributed by atoms with Crippen LogP contribution in [-0.4, -0.2) is 29.5 Å². The number of hydrogen-bond acceptors (Lipinski definition) is 6. The number of nitrogens with zero attached hydrogens (tertiary/aromatic N) is 3. The SMILES string of the molecule is Cc1cnc(NC(=O)CN(C)c2nc3c(F)cccc3s2)s1. The van der Waals surface area contributed by atoms with Crippen molar-refractivity contribution >= 4 is 49.1 Å². The van der Waals surface area contributed by atoms with Crippen LogP contribution in [0.15, 0.2) is 24.4 Å². The van der Waals surface area contributed by atoms with Gasteiger partial charge in [0.05, 0.1) is 11.2 Å². The van der Waals surface area contributed by atoms with Crippen molar-refractivity contribution in [2.24, 2.45) is 0 Å². The highest BCUT2D eigenvalue weighted by Crippen LogP contribution is 2.29. The van der Waals surface area contributed by atoms with E-state index in [1.165, 1.54) is 28.7 Å². The maximum Gasteiger partial charge on any atom is 0.245 e. The average Bonchev–Trinajstić information content (AvgIpc) is 3.06. The molecule has 0 atom stereocenters. The maximum atomic E-state index is 13.7. The van der Waals surface area contributed by atoms with Gasteiger partial charge in [-0.2, -0.15) is 0 Å². The summed E-state index contributed by atoms with van der Waals surface area (Å²) < 4.78 is 14.4. The van der Waals surface area contributed by atoms with Crippen LogP contribution in [0.5, 0.6) is 0 Å². The van der Waals surface area contributed by atoms with Crippen molar-refractivity contribution in [3.8, 4) is 0 Å². The second kappa shape index (κ2) is 5.98. The van der Waals surface area contributed by atoms with Crippen LogP contribution in [0.2, 0.25) is 0 Å². The molecule has 0 fully saturated rings. The van der Waals surface area contributed by atoms with Crippen molar-refractivity contribution in [1.29, 1.82) is 0 Å². The van der Waals surface area contributed by atoms with Gasteiger partial charge in [-0.05, 0) is 19.1 Å². The number of aryl methyl sites for hydroxylation is 1. The van der Waals surface area contributed by atoms with Gasteiger partial charge in [-0.3, -0.25) is 4.79 Å². The van der Waals surface area contributed by atoms with Crippen LogP contribution in [0.25, 0.3) is 10.2 Å².